The second-order valence-electron chi connectivity index (χ2n) is 7.82. The summed E-state index contributed by atoms with van der Waals surface area (Å²) >= 11 is 0. The van der Waals surface area contributed by atoms with Crippen LogP contribution in [0.3, 0.4) is 0 Å². The third kappa shape index (κ3) is 5.80. The Morgan fingerprint density at radius 3 is 2.00 bits per heavy atom. The predicted molar refractivity (Wildman–Crippen MR) is 133 cm³/mol. The summed E-state index contributed by atoms with van der Waals surface area (Å²) in [6, 6.07) is 27.0. The van der Waals surface area contributed by atoms with E-state index >= 15 is 0 Å². The standard InChI is InChI=1S/C27H24N4O4/c1-18(26(33)29-22-15-13-21(14-16-22)28-19(2)32)35-27(34)25-17-24(20-9-5-3-6-10-20)30-31(25)23-11-7-4-8-12-23/h3-18H,1-2H3,(H,28,32)(H,29,33). The van der Waals surface area contributed by atoms with Crippen molar-refractivity contribution >= 4 is 29.2 Å². The lowest BCUT2D eigenvalue weighted by molar-refractivity contribution is -0.123. The van der Waals surface area contributed by atoms with E-state index in [1.807, 2.05) is 60.7 Å². The highest BCUT2D eigenvalue weighted by Gasteiger charge is 2.24. The molecule has 2 N–H and O–H groups in total. The molecule has 35 heavy (non-hydrogen) atoms. The van der Waals surface area contributed by atoms with Gasteiger partial charge in [0.15, 0.2) is 11.8 Å². The summed E-state index contributed by atoms with van der Waals surface area (Å²) in [5, 5.41) is 9.97. The summed E-state index contributed by atoms with van der Waals surface area (Å²) in [6.07, 6.45) is -1.06. The molecule has 0 bridgehead atoms. The molecule has 1 atom stereocenters. The van der Waals surface area contributed by atoms with E-state index in [1.54, 1.807) is 30.3 Å². The van der Waals surface area contributed by atoms with Crippen LogP contribution < -0.4 is 10.6 Å². The minimum atomic E-state index is -1.06. The van der Waals surface area contributed by atoms with Crippen molar-refractivity contribution in [3.05, 3.63) is 96.7 Å². The Morgan fingerprint density at radius 1 is 0.829 bits per heavy atom. The van der Waals surface area contributed by atoms with Crippen molar-refractivity contribution in [1.82, 2.24) is 9.78 Å². The van der Waals surface area contributed by atoms with Crippen LogP contribution in [-0.4, -0.2) is 33.7 Å². The normalized spacial score (nSPS) is 11.4. The second kappa shape index (κ2) is 10.5. The van der Waals surface area contributed by atoms with Crippen LogP contribution in [-0.2, 0) is 14.3 Å². The van der Waals surface area contributed by atoms with Gasteiger partial charge in [-0.15, -0.1) is 0 Å². The first kappa shape index (κ1) is 23.4. The monoisotopic (exact) mass is 468 g/mol. The van der Waals surface area contributed by atoms with Crippen molar-refractivity contribution in [2.75, 3.05) is 10.6 Å². The molecular formula is C27H24N4O4. The maximum atomic E-state index is 13.1. The molecule has 2 amide bonds. The van der Waals surface area contributed by atoms with Crippen molar-refractivity contribution in [2.24, 2.45) is 0 Å². The molecule has 0 aliphatic heterocycles. The minimum Gasteiger partial charge on any atom is -0.448 e. The van der Waals surface area contributed by atoms with Crippen LogP contribution in [0.15, 0.2) is 91.0 Å². The van der Waals surface area contributed by atoms with Crippen molar-refractivity contribution in [3.63, 3.8) is 0 Å². The first-order valence-electron chi connectivity index (χ1n) is 11.0. The number of carbonyl (C=O) groups is 3. The third-order valence-electron chi connectivity index (χ3n) is 5.11. The summed E-state index contributed by atoms with van der Waals surface area (Å²) in [5.41, 5.74) is 3.47. The zero-order chi connectivity index (χ0) is 24.8. The van der Waals surface area contributed by atoms with Gasteiger partial charge in [-0.05, 0) is 49.4 Å². The molecule has 1 aromatic heterocycles. The molecule has 0 aliphatic carbocycles. The Labute approximate surface area is 202 Å². The Kier molecular flexibility index (Phi) is 7.02. The molecule has 8 nitrogen and oxygen atoms in total. The fourth-order valence-corrected chi connectivity index (χ4v) is 3.40. The van der Waals surface area contributed by atoms with Gasteiger partial charge in [0.2, 0.25) is 5.91 Å². The maximum Gasteiger partial charge on any atom is 0.357 e. The van der Waals surface area contributed by atoms with Gasteiger partial charge in [-0.3, -0.25) is 9.59 Å². The number of hydrogen-bond acceptors (Lipinski definition) is 5. The SMILES string of the molecule is CC(=O)Nc1ccc(NC(=O)C(C)OC(=O)c2cc(-c3ccccc3)nn2-c2ccccc2)cc1. The molecule has 0 saturated heterocycles. The third-order valence-corrected chi connectivity index (χ3v) is 5.11. The van der Waals surface area contributed by atoms with Gasteiger partial charge < -0.3 is 15.4 Å². The van der Waals surface area contributed by atoms with Crippen molar-refractivity contribution in [1.29, 1.82) is 0 Å². The zero-order valence-corrected chi connectivity index (χ0v) is 19.3. The molecule has 176 valence electrons. The summed E-state index contributed by atoms with van der Waals surface area (Å²) in [6.45, 7) is 2.92. The molecule has 0 spiro atoms. The fourth-order valence-electron chi connectivity index (χ4n) is 3.40. The van der Waals surface area contributed by atoms with E-state index in [0.717, 1.165) is 5.56 Å². The Balaban J connectivity index is 1.51. The number of benzene rings is 3. The lowest BCUT2D eigenvalue weighted by atomic mass is 10.1. The summed E-state index contributed by atoms with van der Waals surface area (Å²) in [4.78, 5) is 36.9. The summed E-state index contributed by atoms with van der Waals surface area (Å²) in [7, 11) is 0. The number of anilines is 2. The molecule has 3 aromatic carbocycles. The highest BCUT2D eigenvalue weighted by atomic mass is 16.5. The first-order chi connectivity index (χ1) is 16.9. The van der Waals surface area contributed by atoms with E-state index in [4.69, 9.17) is 4.74 Å². The fraction of sp³-hybridized carbons (Fsp3) is 0.111. The van der Waals surface area contributed by atoms with E-state index < -0.39 is 18.0 Å². The number of nitrogens with one attached hydrogen (secondary N) is 2. The van der Waals surface area contributed by atoms with Crippen LogP contribution in [0.25, 0.3) is 16.9 Å². The van der Waals surface area contributed by atoms with Crippen molar-refractivity contribution in [2.45, 2.75) is 20.0 Å². The predicted octanol–water partition coefficient (Wildman–Crippen LogP) is 4.68. The second-order valence-corrected chi connectivity index (χ2v) is 7.82. The van der Waals surface area contributed by atoms with Crippen LogP contribution in [0.4, 0.5) is 11.4 Å². The molecule has 4 aromatic rings. The van der Waals surface area contributed by atoms with Crippen LogP contribution in [0, 0.1) is 0 Å². The quantitative estimate of drug-likeness (QED) is 0.384. The molecular weight excluding hydrogens is 444 g/mol. The zero-order valence-electron chi connectivity index (χ0n) is 19.3. The van der Waals surface area contributed by atoms with Crippen LogP contribution in [0.5, 0.6) is 0 Å². The number of para-hydroxylation sites is 1. The van der Waals surface area contributed by atoms with Gasteiger partial charge in [0.05, 0.1) is 11.4 Å². The average Bonchev–Trinajstić information content (AvgIpc) is 3.32. The van der Waals surface area contributed by atoms with Gasteiger partial charge in [-0.1, -0.05) is 48.5 Å². The first-order valence-corrected chi connectivity index (χ1v) is 11.0. The lowest BCUT2D eigenvalue weighted by Gasteiger charge is -2.14. The number of esters is 1. The van der Waals surface area contributed by atoms with Gasteiger partial charge in [-0.2, -0.15) is 5.10 Å². The smallest absolute Gasteiger partial charge is 0.357 e. The molecule has 0 radical (unpaired) electrons. The number of amides is 2. The molecule has 1 heterocycles. The molecule has 8 heteroatoms. The highest BCUT2D eigenvalue weighted by Crippen LogP contribution is 2.23. The topological polar surface area (TPSA) is 102 Å². The molecule has 1 unspecified atom stereocenters. The molecule has 0 saturated carbocycles. The molecule has 0 fully saturated rings. The number of rotatable bonds is 7. The maximum absolute atomic E-state index is 13.1. The van der Waals surface area contributed by atoms with E-state index in [2.05, 4.69) is 15.7 Å². The van der Waals surface area contributed by atoms with E-state index in [0.29, 0.717) is 22.8 Å². The summed E-state index contributed by atoms with van der Waals surface area (Å²) in [5.74, 6) is -1.35. The highest BCUT2D eigenvalue weighted by molar-refractivity contribution is 5.97. The van der Waals surface area contributed by atoms with Crippen LogP contribution in [0.1, 0.15) is 24.3 Å². The van der Waals surface area contributed by atoms with Crippen LogP contribution in [0.2, 0.25) is 0 Å². The summed E-state index contributed by atoms with van der Waals surface area (Å²) < 4.78 is 7.00. The number of carbonyl (C=O) groups excluding carboxylic acids is 3. The van der Waals surface area contributed by atoms with Crippen LogP contribution >= 0.6 is 0 Å². The Morgan fingerprint density at radius 2 is 1.40 bits per heavy atom. The Hall–Kier alpha value is -4.72. The van der Waals surface area contributed by atoms with Gasteiger partial charge in [-0.25, -0.2) is 9.48 Å². The van der Waals surface area contributed by atoms with E-state index in [9.17, 15) is 14.4 Å². The van der Waals surface area contributed by atoms with Gasteiger partial charge >= 0.3 is 5.97 Å². The Bertz CT molecular complexity index is 1330. The van der Waals surface area contributed by atoms with Gasteiger partial charge in [0.1, 0.15) is 0 Å². The molecule has 0 aliphatic rings. The van der Waals surface area contributed by atoms with Crippen molar-refractivity contribution in [3.8, 4) is 16.9 Å². The number of hydrogen-bond donors (Lipinski definition) is 2. The van der Waals surface area contributed by atoms with Gasteiger partial charge in [0, 0.05) is 23.9 Å². The minimum absolute atomic E-state index is 0.188. The van der Waals surface area contributed by atoms with E-state index in [-0.39, 0.29) is 11.6 Å². The lowest BCUT2D eigenvalue weighted by Crippen LogP contribution is -2.30. The molecule has 4 rings (SSSR count). The number of aromatic nitrogens is 2. The number of nitrogens with zero attached hydrogens (tertiary/aromatic N) is 2. The average molecular weight is 469 g/mol. The van der Waals surface area contributed by atoms with Crippen molar-refractivity contribution < 1.29 is 19.1 Å². The number of ether oxygens (including phenoxy) is 1. The van der Waals surface area contributed by atoms with Gasteiger partial charge in [0.25, 0.3) is 5.91 Å². The largest absolute Gasteiger partial charge is 0.448 e. The van der Waals surface area contributed by atoms with E-state index in [1.165, 1.54) is 18.5 Å².